The highest BCUT2D eigenvalue weighted by atomic mass is 16.3. The number of carbonyl (C=O) groups is 2. The smallest absolute Gasteiger partial charge is 0.270 e. The molecule has 0 saturated heterocycles. The van der Waals surface area contributed by atoms with E-state index in [2.05, 4.69) is 51.6 Å². The maximum absolute atomic E-state index is 12.9. The molecule has 0 fully saturated rings. The van der Waals surface area contributed by atoms with Crippen molar-refractivity contribution >= 4 is 22.9 Å². The number of hydrogen-bond acceptors (Lipinski definition) is 6. The topological polar surface area (TPSA) is 110 Å². The molecule has 1 aliphatic rings. The van der Waals surface area contributed by atoms with Crippen molar-refractivity contribution in [2.24, 2.45) is 0 Å². The van der Waals surface area contributed by atoms with Crippen LogP contribution in [0.2, 0.25) is 0 Å². The third-order valence-electron chi connectivity index (χ3n) is 6.41. The molecule has 0 spiro atoms. The summed E-state index contributed by atoms with van der Waals surface area (Å²) in [7, 11) is 0. The van der Waals surface area contributed by atoms with E-state index in [1.807, 2.05) is 18.2 Å². The molecule has 8 nitrogen and oxygen atoms in total. The molecule has 2 heterocycles. The molecule has 5 rings (SSSR count). The Hall–Kier alpha value is -4.07. The lowest BCUT2D eigenvalue weighted by Crippen LogP contribution is -2.29. The Balaban J connectivity index is 1.25. The fourth-order valence-corrected chi connectivity index (χ4v) is 4.46. The highest BCUT2D eigenvalue weighted by Gasteiger charge is 2.26. The zero-order valence-corrected chi connectivity index (χ0v) is 19.3. The molecule has 34 heavy (non-hydrogen) atoms. The summed E-state index contributed by atoms with van der Waals surface area (Å²) < 4.78 is 5.48. The Bertz CT molecular complexity index is 1430. The summed E-state index contributed by atoms with van der Waals surface area (Å²) in [6, 6.07) is 11.1. The first-order valence-corrected chi connectivity index (χ1v) is 11.2. The van der Waals surface area contributed by atoms with Crippen molar-refractivity contribution in [2.45, 2.75) is 46.2 Å². The average molecular weight is 456 g/mol. The van der Waals surface area contributed by atoms with Crippen molar-refractivity contribution in [2.75, 3.05) is 0 Å². The first-order chi connectivity index (χ1) is 16.4. The van der Waals surface area contributed by atoms with Crippen molar-refractivity contribution in [1.29, 1.82) is 0 Å². The molecule has 0 radical (unpaired) electrons. The van der Waals surface area contributed by atoms with Crippen LogP contribution in [-0.2, 0) is 13.0 Å². The molecule has 0 saturated carbocycles. The molecule has 0 bridgehead atoms. The van der Waals surface area contributed by atoms with E-state index in [1.54, 1.807) is 6.92 Å². The van der Waals surface area contributed by atoms with Crippen molar-refractivity contribution < 1.29 is 14.0 Å². The summed E-state index contributed by atoms with van der Waals surface area (Å²) in [6.45, 7) is 6.31. The van der Waals surface area contributed by atoms with Crippen molar-refractivity contribution in [1.82, 2.24) is 25.6 Å². The highest BCUT2D eigenvalue weighted by Crippen LogP contribution is 2.34. The van der Waals surface area contributed by atoms with Gasteiger partial charge in [-0.05, 0) is 66.6 Å². The molecule has 2 aromatic heterocycles. The monoisotopic (exact) mass is 455 g/mol. The molecule has 0 aliphatic heterocycles. The second-order valence-electron chi connectivity index (χ2n) is 8.65. The van der Waals surface area contributed by atoms with Gasteiger partial charge in [-0.2, -0.15) is 0 Å². The lowest BCUT2D eigenvalue weighted by atomic mass is 9.99. The maximum Gasteiger partial charge on any atom is 0.270 e. The van der Waals surface area contributed by atoms with Crippen LogP contribution >= 0.6 is 0 Å². The zero-order valence-electron chi connectivity index (χ0n) is 19.3. The molecule has 1 atom stereocenters. The number of rotatable bonds is 5. The average Bonchev–Trinajstić information content (AvgIpc) is 3.42. The number of aryl methyl sites for hydroxylation is 2. The van der Waals surface area contributed by atoms with E-state index in [0.29, 0.717) is 18.0 Å². The number of nitrogens with one attached hydrogen (secondary N) is 2. The van der Waals surface area contributed by atoms with Crippen LogP contribution in [0.3, 0.4) is 0 Å². The Morgan fingerprint density at radius 1 is 1.03 bits per heavy atom. The number of hydrogen-bond donors (Lipinski definition) is 2. The summed E-state index contributed by atoms with van der Waals surface area (Å²) >= 11 is 0. The van der Waals surface area contributed by atoms with Gasteiger partial charge in [0.2, 0.25) is 0 Å². The minimum Gasteiger partial charge on any atom is -0.441 e. The third kappa shape index (κ3) is 4.14. The normalized spacial score (nSPS) is 14.7. The second-order valence-corrected chi connectivity index (χ2v) is 8.65. The van der Waals surface area contributed by atoms with E-state index in [9.17, 15) is 9.59 Å². The van der Waals surface area contributed by atoms with Gasteiger partial charge in [0.1, 0.15) is 23.2 Å². The van der Waals surface area contributed by atoms with E-state index in [-0.39, 0.29) is 29.2 Å². The van der Waals surface area contributed by atoms with E-state index >= 15 is 0 Å². The lowest BCUT2D eigenvalue weighted by molar-refractivity contribution is 0.0931. The summed E-state index contributed by atoms with van der Waals surface area (Å²) in [4.78, 5) is 38.0. The molecule has 4 aromatic rings. The van der Waals surface area contributed by atoms with Crippen LogP contribution in [0.5, 0.6) is 0 Å². The predicted octanol–water partition coefficient (Wildman–Crippen LogP) is 3.89. The summed E-state index contributed by atoms with van der Waals surface area (Å²) in [5.74, 6) is -0.112. The fraction of sp³-hybridized carbons (Fsp3) is 0.269. The number of amides is 2. The standard InChI is InChI=1S/C26H25N5O3/c1-14-4-6-19-18(15(14)2)7-8-20(19)31-26(33)23-11-22(28-13-29-23)25(32)27-12-17-5-9-24-21(10-17)30-16(3)34-24/h4-6,9-11,13,20H,7-8,12H2,1-3H3,(H,27,32)(H,31,33)/t20-/m0/s1. The first-order valence-electron chi connectivity index (χ1n) is 11.2. The maximum atomic E-state index is 12.9. The fourth-order valence-electron chi connectivity index (χ4n) is 4.46. The van der Waals surface area contributed by atoms with Gasteiger partial charge < -0.3 is 15.1 Å². The van der Waals surface area contributed by atoms with Crippen LogP contribution in [0, 0.1) is 20.8 Å². The van der Waals surface area contributed by atoms with Crippen molar-refractivity contribution in [3.8, 4) is 0 Å². The minimum atomic E-state index is -0.384. The highest BCUT2D eigenvalue weighted by molar-refractivity contribution is 5.97. The third-order valence-corrected chi connectivity index (χ3v) is 6.41. The van der Waals surface area contributed by atoms with E-state index < -0.39 is 0 Å². The molecule has 0 unspecified atom stereocenters. The number of carbonyl (C=O) groups excluding carboxylic acids is 2. The Morgan fingerprint density at radius 3 is 2.65 bits per heavy atom. The first kappa shape index (κ1) is 21.8. The van der Waals surface area contributed by atoms with Crippen LogP contribution in [0.25, 0.3) is 11.1 Å². The molecule has 172 valence electrons. The molecular weight excluding hydrogens is 430 g/mol. The second kappa shape index (κ2) is 8.70. The SMILES string of the molecule is Cc1nc2cc(CNC(=O)c3cc(C(=O)N[C@H]4CCc5c4ccc(C)c5C)ncn3)ccc2o1. The van der Waals surface area contributed by atoms with Crippen LogP contribution in [0.4, 0.5) is 0 Å². The van der Waals surface area contributed by atoms with Crippen LogP contribution in [-0.4, -0.2) is 26.8 Å². The van der Waals surface area contributed by atoms with Gasteiger partial charge in [0.25, 0.3) is 11.8 Å². The zero-order chi connectivity index (χ0) is 23.8. The van der Waals surface area contributed by atoms with Gasteiger partial charge in [-0.1, -0.05) is 18.2 Å². The van der Waals surface area contributed by atoms with E-state index in [1.165, 1.54) is 29.1 Å². The van der Waals surface area contributed by atoms with Crippen molar-refractivity contribution in [3.05, 3.63) is 87.8 Å². The molecule has 8 heteroatoms. The number of fused-ring (bicyclic) bond motifs is 2. The Morgan fingerprint density at radius 2 is 1.82 bits per heavy atom. The quantitative estimate of drug-likeness (QED) is 0.472. The van der Waals surface area contributed by atoms with Gasteiger partial charge in [0, 0.05) is 19.5 Å². The molecule has 2 N–H and O–H groups in total. The number of nitrogens with zero attached hydrogens (tertiary/aromatic N) is 3. The van der Waals surface area contributed by atoms with Gasteiger partial charge in [-0.25, -0.2) is 15.0 Å². The Kier molecular flexibility index (Phi) is 5.57. The predicted molar refractivity (Wildman–Crippen MR) is 126 cm³/mol. The minimum absolute atomic E-state index is 0.0656. The lowest BCUT2D eigenvalue weighted by Gasteiger charge is -2.15. The van der Waals surface area contributed by atoms with Crippen LogP contribution in [0.15, 0.2) is 47.1 Å². The van der Waals surface area contributed by atoms with E-state index in [0.717, 1.165) is 29.5 Å². The summed E-state index contributed by atoms with van der Waals surface area (Å²) in [5.41, 5.74) is 7.63. The van der Waals surface area contributed by atoms with Crippen LogP contribution < -0.4 is 10.6 Å². The van der Waals surface area contributed by atoms with Gasteiger partial charge >= 0.3 is 0 Å². The number of aromatic nitrogens is 3. The summed E-state index contributed by atoms with van der Waals surface area (Å²) in [5, 5.41) is 5.90. The van der Waals surface area contributed by atoms with Gasteiger partial charge in [-0.15, -0.1) is 0 Å². The largest absolute Gasteiger partial charge is 0.441 e. The molecule has 1 aliphatic carbocycles. The number of benzene rings is 2. The van der Waals surface area contributed by atoms with Crippen LogP contribution in [0.1, 0.15) is 67.1 Å². The van der Waals surface area contributed by atoms with Gasteiger partial charge in [-0.3, -0.25) is 9.59 Å². The molecular formula is C26H25N5O3. The van der Waals surface area contributed by atoms with Gasteiger partial charge in [0.15, 0.2) is 11.5 Å². The van der Waals surface area contributed by atoms with Gasteiger partial charge in [0.05, 0.1) is 6.04 Å². The molecule has 2 amide bonds. The number of oxazole rings is 1. The molecule has 2 aromatic carbocycles. The Labute approximate surface area is 196 Å². The summed E-state index contributed by atoms with van der Waals surface area (Å²) in [6.07, 6.45) is 3.02. The van der Waals surface area contributed by atoms with Crippen molar-refractivity contribution in [3.63, 3.8) is 0 Å². The van der Waals surface area contributed by atoms with E-state index in [4.69, 9.17) is 4.42 Å².